The van der Waals surface area contributed by atoms with Crippen molar-refractivity contribution in [3.05, 3.63) is 42.2 Å². The zero-order valence-corrected chi connectivity index (χ0v) is 12.5. The first-order valence-corrected chi connectivity index (χ1v) is 7.76. The summed E-state index contributed by atoms with van der Waals surface area (Å²) < 4.78 is 0. The van der Waals surface area contributed by atoms with Crippen LogP contribution < -0.4 is 10.2 Å². The second-order valence-corrected chi connectivity index (χ2v) is 5.34. The molecular formula is C17H22N4. The molecule has 1 N–H and O–H groups in total. The molecule has 1 aliphatic rings. The molecule has 0 aliphatic carbocycles. The number of anilines is 1. The fourth-order valence-electron chi connectivity index (χ4n) is 2.63. The van der Waals surface area contributed by atoms with E-state index in [0.717, 1.165) is 61.9 Å². The van der Waals surface area contributed by atoms with Gasteiger partial charge in [0.15, 0.2) is 0 Å². The van der Waals surface area contributed by atoms with E-state index in [0.29, 0.717) is 0 Å². The lowest BCUT2D eigenvalue weighted by atomic mass is 10.1. The predicted octanol–water partition coefficient (Wildman–Crippen LogP) is 2.51. The molecule has 110 valence electrons. The zero-order valence-electron chi connectivity index (χ0n) is 12.5. The average molecular weight is 282 g/mol. The van der Waals surface area contributed by atoms with Crippen LogP contribution in [0.15, 0.2) is 36.4 Å². The van der Waals surface area contributed by atoms with Gasteiger partial charge in [-0.15, -0.1) is 0 Å². The molecule has 1 aromatic heterocycles. The molecule has 0 spiro atoms. The Labute approximate surface area is 126 Å². The van der Waals surface area contributed by atoms with Crippen LogP contribution in [0.25, 0.3) is 11.3 Å². The van der Waals surface area contributed by atoms with Gasteiger partial charge in [-0.25, -0.2) is 9.97 Å². The van der Waals surface area contributed by atoms with Gasteiger partial charge in [-0.2, -0.15) is 0 Å². The summed E-state index contributed by atoms with van der Waals surface area (Å²) >= 11 is 0. The molecule has 0 saturated carbocycles. The molecule has 4 heteroatoms. The second-order valence-electron chi connectivity index (χ2n) is 5.34. The molecule has 2 aromatic rings. The summed E-state index contributed by atoms with van der Waals surface area (Å²) in [6, 6.07) is 12.5. The van der Waals surface area contributed by atoms with Gasteiger partial charge in [-0.05, 0) is 13.0 Å². The van der Waals surface area contributed by atoms with Crippen LogP contribution in [0, 0.1) is 0 Å². The summed E-state index contributed by atoms with van der Waals surface area (Å²) in [7, 11) is 0. The van der Waals surface area contributed by atoms with Crippen molar-refractivity contribution in [1.82, 2.24) is 15.3 Å². The van der Waals surface area contributed by atoms with Crippen molar-refractivity contribution in [2.75, 3.05) is 31.1 Å². The predicted molar refractivity (Wildman–Crippen MR) is 86.5 cm³/mol. The van der Waals surface area contributed by atoms with E-state index in [4.69, 9.17) is 4.98 Å². The van der Waals surface area contributed by atoms with Crippen LogP contribution in [0.5, 0.6) is 0 Å². The van der Waals surface area contributed by atoms with Gasteiger partial charge in [0.25, 0.3) is 0 Å². The molecule has 1 fully saturated rings. The summed E-state index contributed by atoms with van der Waals surface area (Å²) in [6.07, 6.45) is 2.02. The number of nitrogens with one attached hydrogen (secondary N) is 1. The summed E-state index contributed by atoms with van der Waals surface area (Å²) in [6.45, 7) is 6.29. The van der Waals surface area contributed by atoms with Gasteiger partial charge in [0.1, 0.15) is 11.6 Å². The molecule has 3 rings (SSSR count). The zero-order chi connectivity index (χ0) is 14.5. The molecule has 0 atom stereocenters. The first-order valence-electron chi connectivity index (χ1n) is 7.76. The van der Waals surface area contributed by atoms with Gasteiger partial charge >= 0.3 is 0 Å². The van der Waals surface area contributed by atoms with E-state index < -0.39 is 0 Å². The number of hydrogen-bond donors (Lipinski definition) is 1. The summed E-state index contributed by atoms with van der Waals surface area (Å²) in [5.41, 5.74) is 2.18. The highest BCUT2D eigenvalue weighted by Crippen LogP contribution is 2.22. The molecule has 1 aromatic carbocycles. The summed E-state index contributed by atoms with van der Waals surface area (Å²) in [5, 5.41) is 3.44. The Kier molecular flexibility index (Phi) is 4.46. The van der Waals surface area contributed by atoms with Gasteiger partial charge < -0.3 is 10.2 Å². The molecule has 1 aliphatic heterocycles. The highest BCUT2D eigenvalue weighted by Gasteiger charge is 2.13. The quantitative estimate of drug-likeness (QED) is 0.939. The number of hydrogen-bond acceptors (Lipinski definition) is 4. The number of nitrogens with zero attached hydrogens (tertiary/aromatic N) is 3. The molecule has 1 saturated heterocycles. The Morgan fingerprint density at radius 2 is 1.95 bits per heavy atom. The lowest BCUT2D eigenvalue weighted by Crippen LogP contribution is -2.29. The number of benzene rings is 1. The third-order valence-corrected chi connectivity index (χ3v) is 3.81. The first-order chi connectivity index (χ1) is 10.4. The van der Waals surface area contributed by atoms with Gasteiger partial charge in [-0.3, -0.25) is 0 Å². The van der Waals surface area contributed by atoms with Gasteiger partial charge in [0.05, 0.1) is 5.69 Å². The number of rotatable bonds is 3. The molecule has 0 radical (unpaired) electrons. The fraction of sp³-hybridized carbons (Fsp3) is 0.412. The topological polar surface area (TPSA) is 41.1 Å². The maximum atomic E-state index is 4.73. The van der Waals surface area contributed by atoms with Crippen molar-refractivity contribution in [3.63, 3.8) is 0 Å². The minimum Gasteiger partial charge on any atom is -0.355 e. The van der Waals surface area contributed by atoms with E-state index >= 15 is 0 Å². The molecule has 4 nitrogen and oxygen atoms in total. The number of aryl methyl sites for hydroxylation is 1. The van der Waals surface area contributed by atoms with Crippen molar-refractivity contribution >= 4 is 5.82 Å². The van der Waals surface area contributed by atoms with Crippen LogP contribution in [-0.4, -0.2) is 36.1 Å². The largest absolute Gasteiger partial charge is 0.355 e. The standard InChI is InChI=1S/C17H22N4/c1-2-16-19-15(14-7-4-3-5-8-14)13-17(20-16)21-11-6-9-18-10-12-21/h3-5,7-8,13,18H,2,6,9-12H2,1H3. The van der Waals surface area contributed by atoms with E-state index in [1.165, 1.54) is 0 Å². The first kappa shape index (κ1) is 14.0. The maximum Gasteiger partial charge on any atom is 0.132 e. The van der Waals surface area contributed by atoms with Gasteiger partial charge in [-0.1, -0.05) is 37.3 Å². The normalized spacial score (nSPS) is 15.8. The molecular weight excluding hydrogens is 260 g/mol. The Morgan fingerprint density at radius 1 is 1.10 bits per heavy atom. The molecule has 0 bridgehead atoms. The fourth-order valence-corrected chi connectivity index (χ4v) is 2.63. The highest BCUT2D eigenvalue weighted by atomic mass is 15.2. The average Bonchev–Trinajstić information content (AvgIpc) is 2.84. The van der Waals surface area contributed by atoms with Crippen LogP contribution in [0.4, 0.5) is 5.82 Å². The lowest BCUT2D eigenvalue weighted by molar-refractivity contribution is 0.724. The SMILES string of the molecule is CCc1nc(-c2ccccc2)cc(N2CCCNCC2)n1. The van der Waals surface area contributed by atoms with Crippen molar-refractivity contribution in [1.29, 1.82) is 0 Å². The Bertz CT molecular complexity index is 575. The van der Waals surface area contributed by atoms with E-state index in [1.807, 2.05) is 6.07 Å². The Hall–Kier alpha value is -1.94. The minimum absolute atomic E-state index is 0.861. The van der Waals surface area contributed by atoms with E-state index in [9.17, 15) is 0 Å². The Balaban J connectivity index is 1.96. The smallest absolute Gasteiger partial charge is 0.132 e. The van der Waals surface area contributed by atoms with Gasteiger partial charge in [0.2, 0.25) is 0 Å². The van der Waals surface area contributed by atoms with E-state index in [2.05, 4.69) is 52.5 Å². The van der Waals surface area contributed by atoms with Crippen molar-refractivity contribution < 1.29 is 0 Å². The van der Waals surface area contributed by atoms with Crippen LogP contribution in [0.3, 0.4) is 0 Å². The van der Waals surface area contributed by atoms with Crippen LogP contribution >= 0.6 is 0 Å². The molecule has 2 heterocycles. The second kappa shape index (κ2) is 6.68. The van der Waals surface area contributed by atoms with Crippen LogP contribution in [0.2, 0.25) is 0 Å². The molecule has 21 heavy (non-hydrogen) atoms. The van der Waals surface area contributed by atoms with E-state index in [-0.39, 0.29) is 0 Å². The van der Waals surface area contributed by atoms with Crippen molar-refractivity contribution in [3.8, 4) is 11.3 Å². The van der Waals surface area contributed by atoms with E-state index in [1.54, 1.807) is 0 Å². The maximum absolute atomic E-state index is 4.73. The monoisotopic (exact) mass is 282 g/mol. The van der Waals surface area contributed by atoms with Crippen LogP contribution in [-0.2, 0) is 6.42 Å². The van der Waals surface area contributed by atoms with Crippen molar-refractivity contribution in [2.24, 2.45) is 0 Å². The molecule has 0 amide bonds. The van der Waals surface area contributed by atoms with Gasteiger partial charge in [0, 0.05) is 37.7 Å². The summed E-state index contributed by atoms with van der Waals surface area (Å²) in [5.74, 6) is 1.98. The summed E-state index contributed by atoms with van der Waals surface area (Å²) in [4.78, 5) is 11.8. The lowest BCUT2D eigenvalue weighted by Gasteiger charge is -2.22. The Morgan fingerprint density at radius 3 is 2.76 bits per heavy atom. The highest BCUT2D eigenvalue weighted by molar-refractivity contribution is 5.62. The number of aromatic nitrogens is 2. The third-order valence-electron chi connectivity index (χ3n) is 3.81. The van der Waals surface area contributed by atoms with Crippen LogP contribution in [0.1, 0.15) is 19.2 Å². The third kappa shape index (κ3) is 3.39. The molecule has 0 unspecified atom stereocenters. The van der Waals surface area contributed by atoms with Crippen molar-refractivity contribution in [2.45, 2.75) is 19.8 Å². The minimum atomic E-state index is 0.861.